The fourth-order valence-electron chi connectivity index (χ4n) is 2.20. The molecule has 21 heavy (non-hydrogen) atoms. The largest absolute Gasteiger partial charge is 0.494 e. The van der Waals surface area contributed by atoms with Gasteiger partial charge in [-0.3, -0.25) is 19.3 Å². The molecule has 3 rings (SSSR count). The van der Waals surface area contributed by atoms with E-state index >= 15 is 0 Å². The number of aromatic nitrogens is 5. The lowest BCUT2D eigenvalue weighted by Gasteiger charge is -2.03. The molecule has 0 amide bonds. The van der Waals surface area contributed by atoms with E-state index in [1.165, 1.54) is 11.7 Å². The Morgan fingerprint density at radius 3 is 2.86 bits per heavy atom. The van der Waals surface area contributed by atoms with Gasteiger partial charge in [0.1, 0.15) is 17.1 Å². The minimum Gasteiger partial charge on any atom is -0.494 e. The van der Waals surface area contributed by atoms with Crippen LogP contribution in [-0.4, -0.2) is 31.6 Å². The number of aromatic amines is 2. The molecule has 8 heteroatoms. The number of rotatable bonds is 3. The molecule has 0 saturated heterocycles. The highest BCUT2D eigenvalue weighted by Crippen LogP contribution is 2.27. The molecule has 0 aliphatic carbocycles. The van der Waals surface area contributed by atoms with E-state index in [1.807, 2.05) is 0 Å². The summed E-state index contributed by atoms with van der Waals surface area (Å²) in [5.41, 5.74) is 0.268. The number of hydrogen-bond acceptors (Lipinski definition) is 5. The lowest BCUT2D eigenvalue weighted by molar-refractivity contribution is 0.414. The minimum atomic E-state index is -0.494. The van der Waals surface area contributed by atoms with Crippen molar-refractivity contribution in [2.24, 2.45) is 0 Å². The SMILES string of the molecule is CCn1c(=O)[nH]c(=O)c2[nH]c(-c3ccncc3OC)nc21. The molecule has 8 nitrogen and oxygen atoms in total. The maximum atomic E-state index is 11.9. The van der Waals surface area contributed by atoms with Gasteiger partial charge in [0.05, 0.1) is 18.9 Å². The molecule has 0 radical (unpaired) electrons. The molecule has 3 heterocycles. The molecule has 0 aliphatic rings. The van der Waals surface area contributed by atoms with Crippen LogP contribution in [0, 0.1) is 0 Å². The molecule has 2 N–H and O–H groups in total. The van der Waals surface area contributed by atoms with E-state index in [1.54, 1.807) is 25.4 Å². The van der Waals surface area contributed by atoms with Gasteiger partial charge < -0.3 is 9.72 Å². The van der Waals surface area contributed by atoms with Gasteiger partial charge in [-0.2, -0.15) is 0 Å². The fourth-order valence-corrected chi connectivity index (χ4v) is 2.20. The van der Waals surface area contributed by atoms with Crippen LogP contribution < -0.4 is 16.0 Å². The van der Waals surface area contributed by atoms with Crippen LogP contribution in [0.25, 0.3) is 22.6 Å². The maximum absolute atomic E-state index is 11.9. The molecule has 0 aliphatic heterocycles. The van der Waals surface area contributed by atoms with Crippen LogP contribution >= 0.6 is 0 Å². The van der Waals surface area contributed by atoms with Crippen LogP contribution in [0.15, 0.2) is 28.0 Å². The number of pyridine rings is 1. The molecular weight excluding hydrogens is 274 g/mol. The average molecular weight is 287 g/mol. The standard InChI is InChI=1S/C13H13N5O3/c1-3-18-11-9(12(19)17-13(18)20)15-10(16-11)7-4-5-14-6-8(7)21-2/h4-6H,3H2,1-2H3,(H,15,16)(H,17,19,20). The first kappa shape index (κ1) is 13.1. The van der Waals surface area contributed by atoms with Gasteiger partial charge in [0.2, 0.25) is 0 Å². The summed E-state index contributed by atoms with van der Waals surface area (Å²) in [6.07, 6.45) is 3.15. The van der Waals surface area contributed by atoms with Crippen molar-refractivity contribution >= 4 is 11.2 Å². The van der Waals surface area contributed by atoms with Gasteiger partial charge in [-0.05, 0) is 13.0 Å². The third-order valence-electron chi connectivity index (χ3n) is 3.21. The molecule has 108 valence electrons. The number of nitrogens with zero attached hydrogens (tertiary/aromatic N) is 3. The van der Waals surface area contributed by atoms with Crippen molar-refractivity contribution in [3.05, 3.63) is 39.3 Å². The van der Waals surface area contributed by atoms with E-state index in [0.717, 1.165) is 0 Å². The quantitative estimate of drug-likeness (QED) is 0.730. The minimum absolute atomic E-state index is 0.255. The first-order chi connectivity index (χ1) is 10.2. The zero-order valence-corrected chi connectivity index (χ0v) is 11.5. The van der Waals surface area contributed by atoms with Gasteiger partial charge in [-0.1, -0.05) is 0 Å². The Bertz CT molecular complexity index is 921. The Morgan fingerprint density at radius 1 is 1.33 bits per heavy atom. The summed E-state index contributed by atoms with van der Waals surface area (Å²) in [6.45, 7) is 2.21. The highest BCUT2D eigenvalue weighted by Gasteiger charge is 2.15. The van der Waals surface area contributed by atoms with Crippen molar-refractivity contribution in [3.63, 3.8) is 0 Å². The Morgan fingerprint density at radius 2 is 2.14 bits per heavy atom. The average Bonchev–Trinajstić information content (AvgIpc) is 2.93. The Kier molecular flexibility index (Phi) is 3.05. The molecule has 0 bridgehead atoms. The second-order valence-corrected chi connectivity index (χ2v) is 4.36. The highest BCUT2D eigenvalue weighted by atomic mass is 16.5. The van der Waals surface area contributed by atoms with Gasteiger partial charge >= 0.3 is 5.69 Å². The molecular formula is C13H13N5O3. The number of methoxy groups -OCH3 is 1. The normalized spacial score (nSPS) is 11.0. The summed E-state index contributed by atoms with van der Waals surface area (Å²) in [7, 11) is 1.53. The third-order valence-corrected chi connectivity index (χ3v) is 3.21. The van der Waals surface area contributed by atoms with Crippen molar-refractivity contribution < 1.29 is 4.74 Å². The number of fused-ring (bicyclic) bond motifs is 1. The van der Waals surface area contributed by atoms with Crippen molar-refractivity contribution in [2.75, 3.05) is 7.11 Å². The molecule has 0 atom stereocenters. The van der Waals surface area contributed by atoms with Crippen LogP contribution in [0.1, 0.15) is 6.92 Å². The van der Waals surface area contributed by atoms with Gasteiger partial charge in [-0.15, -0.1) is 0 Å². The lowest BCUT2D eigenvalue weighted by atomic mass is 10.2. The first-order valence-corrected chi connectivity index (χ1v) is 6.37. The van der Waals surface area contributed by atoms with Crippen molar-refractivity contribution in [1.82, 2.24) is 24.5 Å². The first-order valence-electron chi connectivity index (χ1n) is 6.37. The summed E-state index contributed by atoms with van der Waals surface area (Å²) in [5.74, 6) is 0.973. The number of hydrogen-bond donors (Lipinski definition) is 2. The van der Waals surface area contributed by atoms with Crippen molar-refractivity contribution in [3.8, 4) is 17.1 Å². The molecule has 0 aromatic carbocycles. The predicted octanol–water partition coefficient (Wildman–Crippen LogP) is 0.503. The van der Waals surface area contributed by atoms with E-state index in [4.69, 9.17) is 4.74 Å². The van der Waals surface area contributed by atoms with Crippen molar-refractivity contribution in [2.45, 2.75) is 13.5 Å². The van der Waals surface area contributed by atoms with Gasteiger partial charge in [0, 0.05) is 12.7 Å². The molecule has 3 aromatic rings. The van der Waals surface area contributed by atoms with E-state index < -0.39 is 11.2 Å². The number of ether oxygens (including phenoxy) is 1. The van der Waals surface area contributed by atoms with E-state index in [-0.39, 0.29) is 5.52 Å². The lowest BCUT2D eigenvalue weighted by Crippen LogP contribution is -2.29. The number of imidazole rings is 1. The van der Waals surface area contributed by atoms with Gasteiger partial charge in [0.15, 0.2) is 5.65 Å². The van der Waals surface area contributed by atoms with Crippen LogP contribution in [0.5, 0.6) is 5.75 Å². The third kappa shape index (κ3) is 2.00. The van der Waals surface area contributed by atoms with E-state index in [2.05, 4.69) is 19.9 Å². The van der Waals surface area contributed by atoms with Crippen molar-refractivity contribution in [1.29, 1.82) is 0 Å². The Hall–Kier alpha value is -2.90. The summed E-state index contributed by atoms with van der Waals surface area (Å²) in [6, 6.07) is 1.72. The van der Waals surface area contributed by atoms with Crippen LogP contribution in [0.4, 0.5) is 0 Å². The smallest absolute Gasteiger partial charge is 0.330 e. The van der Waals surface area contributed by atoms with Crippen LogP contribution in [0.2, 0.25) is 0 Å². The zero-order valence-electron chi connectivity index (χ0n) is 11.5. The highest BCUT2D eigenvalue weighted by molar-refractivity contribution is 5.77. The van der Waals surface area contributed by atoms with E-state index in [9.17, 15) is 9.59 Å². The molecule has 0 spiro atoms. The Labute approximate surface area is 118 Å². The number of nitrogens with one attached hydrogen (secondary N) is 2. The fraction of sp³-hybridized carbons (Fsp3) is 0.231. The topological polar surface area (TPSA) is 106 Å². The van der Waals surface area contributed by atoms with Gasteiger partial charge in [0.25, 0.3) is 5.56 Å². The summed E-state index contributed by atoms with van der Waals surface area (Å²) in [5, 5.41) is 0. The Balaban J connectivity index is 2.34. The molecule has 0 saturated carbocycles. The van der Waals surface area contributed by atoms with E-state index in [0.29, 0.717) is 29.3 Å². The second kappa shape index (κ2) is 4.89. The maximum Gasteiger partial charge on any atom is 0.330 e. The zero-order chi connectivity index (χ0) is 15.0. The van der Waals surface area contributed by atoms with Crippen LogP contribution in [0.3, 0.4) is 0 Å². The monoisotopic (exact) mass is 287 g/mol. The number of H-pyrrole nitrogens is 2. The molecule has 0 unspecified atom stereocenters. The summed E-state index contributed by atoms with van der Waals surface area (Å²) in [4.78, 5) is 37.2. The second-order valence-electron chi connectivity index (χ2n) is 4.36. The van der Waals surface area contributed by atoms with Gasteiger partial charge in [-0.25, -0.2) is 9.78 Å². The predicted molar refractivity (Wildman–Crippen MR) is 76.4 cm³/mol. The summed E-state index contributed by atoms with van der Waals surface area (Å²) >= 11 is 0. The van der Waals surface area contributed by atoms with Crippen LogP contribution in [-0.2, 0) is 6.54 Å². The number of aryl methyl sites for hydroxylation is 1. The molecule has 0 fully saturated rings. The molecule has 3 aromatic heterocycles. The summed E-state index contributed by atoms with van der Waals surface area (Å²) < 4.78 is 6.62.